The summed E-state index contributed by atoms with van der Waals surface area (Å²) in [4.78, 5) is 21.7. The molecular weight excluding hydrogens is 360 g/mol. The van der Waals surface area contributed by atoms with E-state index in [1.54, 1.807) is 30.3 Å². The standard InChI is InChI=1S/C22H22O6/c1-2-3-13-27-19-12-11-17(20(14-19)28-15-21(23)24)6-4-5-16-7-9-18(10-8-16)22(25)26/h2-5,7-12,14H,6,13,15H2,1H3,(H,23,24)(H,25,26). The van der Waals surface area contributed by atoms with Crippen molar-refractivity contribution in [3.05, 3.63) is 77.4 Å². The fourth-order valence-electron chi connectivity index (χ4n) is 2.37. The molecule has 2 aromatic rings. The van der Waals surface area contributed by atoms with Crippen molar-refractivity contribution in [3.63, 3.8) is 0 Å². The smallest absolute Gasteiger partial charge is 0.341 e. The van der Waals surface area contributed by atoms with Crippen molar-refractivity contribution in [2.24, 2.45) is 0 Å². The molecule has 0 unspecified atom stereocenters. The number of ether oxygens (including phenoxy) is 2. The van der Waals surface area contributed by atoms with Crippen LogP contribution < -0.4 is 9.47 Å². The van der Waals surface area contributed by atoms with Gasteiger partial charge in [-0.2, -0.15) is 0 Å². The van der Waals surface area contributed by atoms with E-state index in [0.717, 1.165) is 11.1 Å². The van der Waals surface area contributed by atoms with E-state index in [2.05, 4.69) is 0 Å². The predicted molar refractivity (Wildman–Crippen MR) is 106 cm³/mol. The number of carbonyl (C=O) groups is 2. The minimum absolute atomic E-state index is 0.231. The van der Waals surface area contributed by atoms with Crippen molar-refractivity contribution in [3.8, 4) is 11.5 Å². The molecular formula is C22H22O6. The number of allylic oxidation sites excluding steroid dienone is 2. The lowest BCUT2D eigenvalue weighted by Gasteiger charge is -2.11. The molecule has 2 N–H and O–H groups in total. The minimum atomic E-state index is -1.06. The van der Waals surface area contributed by atoms with Gasteiger partial charge in [0.25, 0.3) is 0 Å². The van der Waals surface area contributed by atoms with E-state index < -0.39 is 18.5 Å². The SMILES string of the molecule is CC=CCOc1ccc(CC=Cc2ccc(C(=O)O)cc2)c(OCC(=O)O)c1. The highest BCUT2D eigenvalue weighted by molar-refractivity contribution is 5.87. The first kappa shape index (κ1) is 20.8. The lowest BCUT2D eigenvalue weighted by atomic mass is 10.1. The Morgan fingerprint density at radius 2 is 1.75 bits per heavy atom. The van der Waals surface area contributed by atoms with Crippen LogP contribution >= 0.6 is 0 Å². The third kappa shape index (κ3) is 6.64. The molecule has 0 bridgehead atoms. The third-order valence-electron chi connectivity index (χ3n) is 3.78. The summed E-state index contributed by atoms with van der Waals surface area (Å²) >= 11 is 0. The molecule has 0 heterocycles. The normalized spacial score (nSPS) is 11.0. The second-order valence-corrected chi connectivity index (χ2v) is 5.87. The summed E-state index contributed by atoms with van der Waals surface area (Å²) in [6, 6.07) is 11.8. The molecule has 0 spiro atoms. The van der Waals surface area contributed by atoms with Gasteiger partial charge in [-0.25, -0.2) is 9.59 Å². The molecule has 0 atom stereocenters. The molecule has 0 radical (unpaired) electrons. The van der Waals surface area contributed by atoms with Crippen LogP contribution in [0.25, 0.3) is 6.08 Å². The summed E-state index contributed by atoms with van der Waals surface area (Å²) in [6.45, 7) is 1.88. The predicted octanol–water partition coefficient (Wildman–Crippen LogP) is 4.06. The van der Waals surface area contributed by atoms with E-state index in [9.17, 15) is 9.59 Å². The summed E-state index contributed by atoms with van der Waals surface area (Å²) in [5.41, 5.74) is 1.91. The van der Waals surface area contributed by atoms with Crippen LogP contribution in [0.4, 0.5) is 0 Å². The maximum Gasteiger partial charge on any atom is 0.341 e. The van der Waals surface area contributed by atoms with E-state index in [0.29, 0.717) is 24.5 Å². The topological polar surface area (TPSA) is 93.1 Å². The minimum Gasteiger partial charge on any atom is -0.489 e. The molecule has 0 amide bonds. The van der Waals surface area contributed by atoms with Crippen LogP contribution in [-0.2, 0) is 11.2 Å². The Morgan fingerprint density at radius 1 is 1.00 bits per heavy atom. The number of benzene rings is 2. The summed E-state index contributed by atoms with van der Waals surface area (Å²) in [7, 11) is 0. The molecule has 2 aromatic carbocycles. The fraction of sp³-hybridized carbons (Fsp3) is 0.182. The van der Waals surface area contributed by atoms with E-state index in [-0.39, 0.29) is 5.56 Å². The van der Waals surface area contributed by atoms with Crippen LogP contribution in [0.5, 0.6) is 11.5 Å². The molecule has 28 heavy (non-hydrogen) atoms. The van der Waals surface area contributed by atoms with Crippen molar-refractivity contribution >= 4 is 18.0 Å². The Kier molecular flexibility index (Phi) is 7.84. The van der Waals surface area contributed by atoms with Crippen molar-refractivity contribution in [1.82, 2.24) is 0 Å². The molecule has 6 nitrogen and oxygen atoms in total. The van der Waals surface area contributed by atoms with Gasteiger partial charge in [0.1, 0.15) is 18.1 Å². The Labute approximate surface area is 163 Å². The van der Waals surface area contributed by atoms with Crippen molar-refractivity contribution in [2.45, 2.75) is 13.3 Å². The zero-order valence-corrected chi connectivity index (χ0v) is 15.5. The number of rotatable bonds is 10. The van der Waals surface area contributed by atoms with Gasteiger partial charge in [-0.15, -0.1) is 0 Å². The largest absolute Gasteiger partial charge is 0.489 e. The molecule has 0 aliphatic heterocycles. The maximum atomic E-state index is 10.9. The van der Waals surface area contributed by atoms with Crippen molar-refractivity contribution in [2.75, 3.05) is 13.2 Å². The van der Waals surface area contributed by atoms with Gasteiger partial charge in [-0.1, -0.05) is 42.5 Å². The molecule has 0 saturated heterocycles. The monoisotopic (exact) mass is 382 g/mol. The van der Waals surface area contributed by atoms with Gasteiger partial charge < -0.3 is 19.7 Å². The van der Waals surface area contributed by atoms with Crippen LogP contribution in [0.15, 0.2) is 60.7 Å². The first-order valence-corrected chi connectivity index (χ1v) is 8.71. The summed E-state index contributed by atoms with van der Waals surface area (Å²) in [5, 5.41) is 17.8. The first-order chi connectivity index (χ1) is 13.5. The van der Waals surface area contributed by atoms with Gasteiger partial charge in [0.2, 0.25) is 0 Å². The maximum absolute atomic E-state index is 10.9. The number of aromatic carboxylic acids is 1. The van der Waals surface area contributed by atoms with E-state index in [1.807, 2.05) is 43.4 Å². The van der Waals surface area contributed by atoms with Gasteiger partial charge in [0.15, 0.2) is 6.61 Å². The van der Waals surface area contributed by atoms with E-state index in [4.69, 9.17) is 19.7 Å². The van der Waals surface area contributed by atoms with Gasteiger partial charge in [0, 0.05) is 6.07 Å². The van der Waals surface area contributed by atoms with Crippen LogP contribution in [0.3, 0.4) is 0 Å². The number of carboxylic acids is 2. The lowest BCUT2D eigenvalue weighted by Crippen LogP contribution is -2.10. The highest BCUT2D eigenvalue weighted by Crippen LogP contribution is 2.26. The van der Waals surface area contributed by atoms with Gasteiger partial charge in [-0.3, -0.25) is 0 Å². The molecule has 0 aliphatic rings. The lowest BCUT2D eigenvalue weighted by molar-refractivity contribution is -0.139. The molecule has 146 valence electrons. The van der Waals surface area contributed by atoms with Gasteiger partial charge in [-0.05, 0) is 42.7 Å². The van der Waals surface area contributed by atoms with Crippen LogP contribution in [0, 0.1) is 0 Å². The van der Waals surface area contributed by atoms with Crippen LogP contribution in [0.2, 0.25) is 0 Å². The number of hydrogen-bond acceptors (Lipinski definition) is 4. The van der Waals surface area contributed by atoms with Gasteiger partial charge >= 0.3 is 11.9 Å². The van der Waals surface area contributed by atoms with E-state index >= 15 is 0 Å². The average molecular weight is 382 g/mol. The summed E-state index contributed by atoms with van der Waals surface area (Å²) in [5.74, 6) is -0.977. The molecule has 6 heteroatoms. The van der Waals surface area contributed by atoms with Crippen LogP contribution in [-0.4, -0.2) is 35.4 Å². The number of aliphatic carboxylic acids is 1. The summed E-state index contributed by atoms with van der Waals surface area (Å²) in [6.07, 6.45) is 8.03. The van der Waals surface area contributed by atoms with Crippen molar-refractivity contribution in [1.29, 1.82) is 0 Å². The fourth-order valence-corrected chi connectivity index (χ4v) is 2.37. The Morgan fingerprint density at radius 3 is 2.39 bits per heavy atom. The molecule has 0 fully saturated rings. The third-order valence-corrected chi connectivity index (χ3v) is 3.78. The zero-order chi connectivity index (χ0) is 20.4. The quantitative estimate of drug-likeness (QED) is 0.602. The van der Waals surface area contributed by atoms with Crippen LogP contribution in [0.1, 0.15) is 28.4 Å². The molecule has 0 aliphatic carbocycles. The molecule has 2 rings (SSSR count). The van der Waals surface area contributed by atoms with Gasteiger partial charge in [0.05, 0.1) is 5.56 Å². The second kappa shape index (κ2) is 10.6. The first-order valence-electron chi connectivity index (χ1n) is 8.71. The zero-order valence-electron chi connectivity index (χ0n) is 15.5. The Balaban J connectivity index is 2.10. The Hall–Kier alpha value is -3.54. The Bertz CT molecular complexity index is 865. The molecule has 0 saturated carbocycles. The van der Waals surface area contributed by atoms with E-state index in [1.165, 1.54) is 0 Å². The number of carboxylic acid groups (broad SMARTS) is 2. The van der Waals surface area contributed by atoms with Crippen molar-refractivity contribution < 1.29 is 29.3 Å². The number of hydrogen-bond donors (Lipinski definition) is 2. The second-order valence-electron chi connectivity index (χ2n) is 5.87. The molecule has 0 aromatic heterocycles. The average Bonchev–Trinajstić information content (AvgIpc) is 2.68. The summed E-state index contributed by atoms with van der Waals surface area (Å²) < 4.78 is 11.0. The highest BCUT2D eigenvalue weighted by Gasteiger charge is 2.08. The highest BCUT2D eigenvalue weighted by atomic mass is 16.5.